The minimum atomic E-state index is -0.0406. The number of aromatic nitrogens is 2. The Hall–Kier alpha value is -3.40. The summed E-state index contributed by atoms with van der Waals surface area (Å²) in [7, 11) is 1.64. The number of methoxy groups -OCH3 is 1. The molecule has 0 bridgehead atoms. The molecule has 0 aliphatic heterocycles. The van der Waals surface area contributed by atoms with E-state index >= 15 is 0 Å². The van der Waals surface area contributed by atoms with Crippen molar-refractivity contribution < 1.29 is 4.74 Å². The smallest absolute Gasteiger partial charge is 0.191 e. The highest BCUT2D eigenvalue weighted by Gasteiger charge is 2.13. The second-order valence-corrected chi connectivity index (χ2v) is 5.67. The van der Waals surface area contributed by atoms with Gasteiger partial charge >= 0.3 is 0 Å². The van der Waals surface area contributed by atoms with E-state index in [2.05, 4.69) is 4.98 Å². The Morgan fingerprint density at radius 1 is 0.920 bits per heavy atom. The number of nitrogens with zero attached hydrogens (tertiary/aromatic N) is 2. The second-order valence-electron chi connectivity index (χ2n) is 5.67. The molecule has 0 atom stereocenters. The average molecular weight is 328 g/mol. The number of hydrogen-bond acceptors (Lipinski definition) is 3. The molecule has 0 saturated heterocycles. The van der Waals surface area contributed by atoms with Gasteiger partial charge in [-0.15, -0.1) is 0 Å². The van der Waals surface area contributed by atoms with Crippen LogP contribution in [0.1, 0.15) is 0 Å². The van der Waals surface area contributed by atoms with Crippen LogP contribution in [0.2, 0.25) is 0 Å². The molecule has 0 spiro atoms. The van der Waals surface area contributed by atoms with Crippen LogP contribution in [0.5, 0.6) is 5.75 Å². The van der Waals surface area contributed by atoms with Gasteiger partial charge in [0.1, 0.15) is 11.4 Å². The molecule has 0 fully saturated rings. The third-order valence-electron chi connectivity index (χ3n) is 4.15. The minimum absolute atomic E-state index is 0.0406. The van der Waals surface area contributed by atoms with Crippen LogP contribution in [0.25, 0.3) is 28.0 Å². The maximum Gasteiger partial charge on any atom is 0.191 e. The topological polar surface area (TPSA) is 44.1 Å². The van der Waals surface area contributed by atoms with Crippen molar-refractivity contribution in [3.8, 4) is 22.7 Å². The Morgan fingerprint density at radius 3 is 2.56 bits per heavy atom. The fourth-order valence-electron chi connectivity index (χ4n) is 2.98. The van der Waals surface area contributed by atoms with E-state index in [1.54, 1.807) is 31.5 Å². The molecular formula is C21H16N2O2. The van der Waals surface area contributed by atoms with Crippen LogP contribution in [0.4, 0.5) is 0 Å². The van der Waals surface area contributed by atoms with Gasteiger partial charge in [-0.3, -0.25) is 9.36 Å². The standard InChI is InChI=1S/C21H16N2O2/c1-25-17-10-5-9-16(13-17)23-19(15-7-3-2-4-8-15)14-20(24)18-11-6-12-22-21(18)23/h2-14H,1H3. The van der Waals surface area contributed by atoms with E-state index in [4.69, 9.17) is 4.74 Å². The lowest BCUT2D eigenvalue weighted by Crippen LogP contribution is -2.11. The van der Waals surface area contributed by atoms with Gasteiger partial charge in [0, 0.05) is 18.3 Å². The van der Waals surface area contributed by atoms with Gasteiger partial charge in [0.15, 0.2) is 5.43 Å². The van der Waals surface area contributed by atoms with E-state index < -0.39 is 0 Å². The van der Waals surface area contributed by atoms with Crippen molar-refractivity contribution in [1.82, 2.24) is 9.55 Å². The molecule has 0 aliphatic carbocycles. The van der Waals surface area contributed by atoms with Crippen LogP contribution in [0.3, 0.4) is 0 Å². The van der Waals surface area contributed by atoms with E-state index in [-0.39, 0.29) is 5.43 Å². The Morgan fingerprint density at radius 2 is 1.76 bits per heavy atom. The van der Waals surface area contributed by atoms with Crippen molar-refractivity contribution >= 4 is 11.0 Å². The van der Waals surface area contributed by atoms with Gasteiger partial charge in [-0.2, -0.15) is 0 Å². The van der Waals surface area contributed by atoms with Gasteiger partial charge in [0.25, 0.3) is 0 Å². The Balaban J connectivity index is 2.13. The number of fused-ring (bicyclic) bond motifs is 1. The summed E-state index contributed by atoms with van der Waals surface area (Å²) in [6, 6.07) is 22.8. The summed E-state index contributed by atoms with van der Waals surface area (Å²) in [5, 5.41) is 0.588. The Labute approximate surface area is 145 Å². The van der Waals surface area contributed by atoms with Crippen molar-refractivity contribution in [3.05, 3.63) is 89.2 Å². The van der Waals surface area contributed by atoms with Crippen LogP contribution in [-0.4, -0.2) is 16.7 Å². The van der Waals surface area contributed by atoms with Crippen molar-refractivity contribution in [1.29, 1.82) is 0 Å². The zero-order chi connectivity index (χ0) is 17.2. The molecule has 0 N–H and O–H groups in total. The molecule has 0 amide bonds. The first-order valence-electron chi connectivity index (χ1n) is 7.98. The van der Waals surface area contributed by atoms with Crippen LogP contribution in [0, 0.1) is 0 Å². The van der Waals surface area contributed by atoms with Crippen molar-refractivity contribution in [2.24, 2.45) is 0 Å². The van der Waals surface area contributed by atoms with Gasteiger partial charge < -0.3 is 4.74 Å². The molecule has 2 aromatic heterocycles. The minimum Gasteiger partial charge on any atom is -0.497 e. The van der Waals surface area contributed by atoms with Crippen LogP contribution >= 0.6 is 0 Å². The van der Waals surface area contributed by atoms with Gasteiger partial charge in [0.2, 0.25) is 0 Å². The highest BCUT2D eigenvalue weighted by Crippen LogP contribution is 2.27. The van der Waals surface area contributed by atoms with E-state index in [1.165, 1.54) is 0 Å². The van der Waals surface area contributed by atoms with Gasteiger partial charge in [-0.25, -0.2) is 4.98 Å². The molecule has 2 aromatic carbocycles. The predicted octanol–water partition coefficient (Wildman–Crippen LogP) is 4.06. The molecule has 4 nitrogen and oxygen atoms in total. The molecule has 4 aromatic rings. The Kier molecular flexibility index (Phi) is 3.78. The number of benzene rings is 2. The van der Waals surface area contributed by atoms with Crippen molar-refractivity contribution in [3.63, 3.8) is 0 Å². The second kappa shape index (κ2) is 6.24. The van der Waals surface area contributed by atoms with Crippen LogP contribution in [0.15, 0.2) is 83.8 Å². The van der Waals surface area contributed by atoms with E-state index in [9.17, 15) is 4.79 Å². The first-order chi connectivity index (χ1) is 12.3. The van der Waals surface area contributed by atoms with Gasteiger partial charge in [0.05, 0.1) is 23.9 Å². The maximum atomic E-state index is 12.6. The number of pyridine rings is 2. The molecule has 0 radical (unpaired) electrons. The monoisotopic (exact) mass is 328 g/mol. The summed E-state index contributed by atoms with van der Waals surface area (Å²) in [6.45, 7) is 0. The van der Waals surface area contributed by atoms with E-state index in [1.807, 2.05) is 59.2 Å². The normalized spacial score (nSPS) is 10.8. The van der Waals surface area contributed by atoms with E-state index in [0.717, 1.165) is 22.7 Å². The summed E-state index contributed by atoms with van der Waals surface area (Å²) in [5.41, 5.74) is 3.23. The first kappa shape index (κ1) is 15.1. The van der Waals surface area contributed by atoms with Crippen molar-refractivity contribution in [2.45, 2.75) is 0 Å². The molecule has 0 saturated carbocycles. The molecule has 25 heavy (non-hydrogen) atoms. The molecule has 4 heteroatoms. The molecular weight excluding hydrogens is 312 g/mol. The highest BCUT2D eigenvalue weighted by molar-refractivity contribution is 5.81. The lowest BCUT2D eigenvalue weighted by molar-refractivity contribution is 0.414. The maximum absolute atomic E-state index is 12.6. The lowest BCUT2D eigenvalue weighted by Gasteiger charge is -2.17. The quantitative estimate of drug-likeness (QED) is 0.569. The lowest BCUT2D eigenvalue weighted by atomic mass is 10.1. The third-order valence-corrected chi connectivity index (χ3v) is 4.15. The Bertz CT molecular complexity index is 1100. The largest absolute Gasteiger partial charge is 0.497 e. The number of ether oxygens (including phenoxy) is 1. The molecule has 122 valence electrons. The summed E-state index contributed by atoms with van der Waals surface area (Å²) < 4.78 is 7.36. The fourth-order valence-corrected chi connectivity index (χ4v) is 2.98. The molecule has 0 aliphatic rings. The number of hydrogen-bond donors (Lipinski definition) is 0. The summed E-state index contributed by atoms with van der Waals surface area (Å²) in [4.78, 5) is 17.1. The third kappa shape index (κ3) is 2.68. The summed E-state index contributed by atoms with van der Waals surface area (Å²) in [6.07, 6.45) is 1.70. The van der Waals surface area contributed by atoms with Gasteiger partial charge in [-0.05, 0) is 29.8 Å². The summed E-state index contributed by atoms with van der Waals surface area (Å²) >= 11 is 0. The van der Waals surface area contributed by atoms with Crippen LogP contribution < -0.4 is 10.2 Å². The molecule has 0 unspecified atom stereocenters. The zero-order valence-corrected chi connectivity index (χ0v) is 13.7. The zero-order valence-electron chi connectivity index (χ0n) is 13.7. The van der Waals surface area contributed by atoms with Crippen LogP contribution in [-0.2, 0) is 0 Å². The first-order valence-corrected chi connectivity index (χ1v) is 7.98. The fraction of sp³-hybridized carbons (Fsp3) is 0.0476. The molecule has 4 rings (SSSR count). The SMILES string of the molecule is COc1cccc(-n2c(-c3ccccc3)cc(=O)c3cccnc32)c1. The predicted molar refractivity (Wildman–Crippen MR) is 99.3 cm³/mol. The van der Waals surface area contributed by atoms with E-state index in [0.29, 0.717) is 11.0 Å². The summed E-state index contributed by atoms with van der Waals surface area (Å²) in [5.74, 6) is 0.749. The molecule has 2 heterocycles. The highest BCUT2D eigenvalue weighted by atomic mass is 16.5. The number of rotatable bonds is 3. The average Bonchev–Trinajstić information content (AvgIpc) is 2.68. The van der Waals surface area contributed by atoms with Crippen molar-refractivity contribution in [2.75, 3.05) is 7.11 Å². The van der Waals surface area contributed by atoms with Gasteiger partial charge in [-0.1, -0.05) is 36.4 Å².